The van der Waals surface area contributed by atoms with E-state index < -0.39 is 11.7 Å². The van der Waals surface area contributed by atoms with Crippen LogP contribution in [0.4, 0.5) is 18.9 Å². The number of anilines is 1. The fourth-order valence-electron chi connectivity index (χ4n) is 2.50. The molecule has 0 aliphatic heterocycles. The third kappa shape index (κ3) is 6.37. The predicted octanol–water partition coefficient (Wildman–Crippen LogP) is 6.84. The first-order chi connectivity index (χ1) is 12.4. The number of hydrogen-bond acceptors (Lipinski definition) is 2. The molecule has 2 aromatic carbocycles. The molecule has 2 nitrogen and oxygen atoms in total. The van der Waals surface area contributed by atoms with Gasteiger partial charge in [0.15, 0.2) is 5.17 Å². The van der Waals surface area contributed by atoms with Crippen molar-refractivity contribution in [1.29, 1.82) is 0 Å². The van der Waals surface area contributed by atoms with Crippen molar-refractivity contribution in [2.75, 3.05) is 5.43 Å². The fourth-order valence-corrected chi connectivity index (χ4v) is 2.66. The van der Waals surface area contributed by atoms with Gasteiger partial charge in [0.2, 0.25) is 0 Å². The molecule has 0 amide bonds. The Kier molecular flexibility index (Phi) is 7.51. The van der Waals surface area contributed by atoms with Gasteiger partial charge < -0.3 is 0 Å². The molecule has 2 rings (SSSR count). The predicted molar refractivity (Wildman–Crippen MR) is 102 cm³/mol. The number of hydrogen-bond donors (Lipinski definition) is 1. The second-order valence-corrected chi connectivity index (χ2v) is 6.46. The van der Waals surface area contributed by atoms with Gasteiger partial charge in [-0.25, -0.2) is 0 Å². The van der Waals surface area contributed by atoms with Crippen LogP contribution >= 0.6 is 11.6 Å². The van der Waals surface area contributed by atoms with Crippen LogP contribution in [0.5, 0.6) is 0 Å². The van der Waals surface area contributed by atoms with Gasteiger partial charge in [0, 0.05) is 5.56 Å². The van der Waals surface area contributed by atoms with Crippen LogP contribution in [0.25, 0.3) is 0 Å². The first kappa shape index (κ1) is 20.3. The molecule has 0 heterocycles. The zero-order valence-electron chi connectivity index (χ0n) is 14.6. The minimum Gasteiger partial charge on any atom is -0.277 e. The van der Waals surface area contributed by atoms with Gasteiger partial charge in [0.1, 0.15) is 0 Å². The number of aryl methyl sites for hydroxylation is 1. The number of unbranched alkanes of at least 4 members (excludes halogenated alkanes) is 3. The number of hydrazone groups is 1. The Morgan fingerprint density at radius 1 is 1.04 bits per heavy atom. The number of nitrogens with one attached hydrogen (secondary N) is 1. The molecule has 0 fully saturated rings. The summed E-state index contributed by atoms with van der Waals surface area (Å²) in [5.41, 5.74) is 4.21. The maximum absolute atomic E-state index is 12.8. The zero-order valence-corrected chi connectivity index (χ0v) is 15.4. The minimum absolute atomic E-state index is 0.0280. The van der Waals surface area contributed by atoms with E-state index in [0.717, 1.165) is 24.2 Å². The third-order valence-corrected chi connectivity index (χ3v) is 4.29. The Morgan fingerprint density at radius 2 is 1.77 bits per heavy atom. The van der Waals surface area contributed by atoms with Crippen LogP contribution in [0.15, 0.2) is 53.6 Å². The minimum atomic E-state index is -4.41. The summed E-state index contributed by atoms with van der Waals surface area (Å²) < 4.78 is 38.3. The molecule has 0 aliphatic carbocycles. The van der Waals surface area contributed by atoms with Crippen molar-refractivity contribution in [3.63, 3.8) is 0 Å². The second-order valence-electron chi connectivity index (χ2n) is 6.10. The summed E-state index contributed by atoms with van der Waals surface area (Å²) >= 11 is 6.03. The molecule has 1 N–H and O–H groups in total. The highest BCUT2D eigenvalue weighted by atomic mass is 35.5. The van der Waals surface area contributed by atoms with Gasteiger partial charge in [-0.05, 0) is 42.7 Å². The number of halogens is 4. The van der Waals surface area contributed by atoms with Crippen molar-refractivity contribution in [2.24, 2.45) is 5.10 Å². The second kappa shape index (κ2) is 9.62. The van der Waals surface area contributed by atoms with E-state index in [1.165, 1.54) is 43.4 Å². The van der Waals surface area contributed by atoms with Crippen LogP contribution in [-0.4, -0.2) is 5.17 Å². The van der Waals surface area contributed by atoms with Crippen LogP contribution < -0.4 is 5.43 Å². The molecular formula is C20H22ClF3N2. The summed E-state index contributed by atoms with van der Waals surface area (Å²) in [5.74, 6) is 0. The molecule has 0 saturated heterocycles. The number of rotatable bonds is 8. The molecule has 0 spiro atoms. The molecule has 0 aliphatic rings. The highest BCUT2D eigenvalue weighted by molar-refractivity contribution is 6.69. The molecule has 0 unspecified atom stereocenters. The van der Waals surface area contributed by atoms with Crippen LogP contribution in [0.1, 0.15) is 49.3 Å². The van der Waals surface area contributed by atoms with E-state index in [1.54, 1.807) is 0 Å². The quantitative estimate of drug-likeness (QED) is 0.301. The monoisotopic (exact) mass is 382 g/mol. The third-order valence-electron chi connectivity index (χ3n) is 3.98. The lowest BCUT2D eigenvalue weighted by Crippen LogP contribution is -2.06. The van der Waals surface area contributed by atoms with E-state index in [1.807, 2.05) is 24.3 Å². The maximum atomic E-state index is 12.8. The van der Waals surface area contributed by atoms with Gasteiger partial charge in [-0.15, -0.1) is 0 Å². The Hall–Kier alpha value is -2.01. The summed E-state index contributed by atoms with van der Waals surface area (Å²) in [6, 6.07) is 12.6. The molecule has 0 bridgehead atoms. The number of alkyl halides is 3. The molecule has 140 valence electrons. The van der Waals surface area contributed by atoms with E-state index in [2.05, 4.69) is 17.5 Å². The van der Waals surface area contributed by atoms with E-state index in [0.29, 0.717) is 0 Å². The Labute approximate surface area is 157 Å². The standard InChI is InChI=1S/C20H22ClF3N2/c1-2-3-4-5-7-15-10-12-18(13-11-15)25-26-19(21)16-8-6-9-17(14-16)20(22,23)24/h6,8-14,25H,2-5,7H2,1H3. The summed E-state index contributed by atoms with van der Waals surface area (Å²) in [7, 11) is 0. The Morgan fingerprint density at radius 3 is 2.42 bits per heavy atom. The molecule has 6 heteroatoms. The van der Waals surface area contributed by atoms with Crippen LogP contribution in [-0.2, 0) is 12.6 Å². The average molecular weight is 383 g/mol. The molecule has 2 aromatic rings. The van der Waals surface area contributed by atoms with Crippen LogP contribution in [0.3, 0.4) is 0 Å². The largest absolute Gasteiger partial charge is 0.416 e. The van der Waals surface area contributed by atoms with Gasteiger partial charge in [-0.1, -0.05) is 62.1 Å². The first-order valence-electron chi connectivity index (χ1n) is 8.66. The van der Waals surface area contributed by atoms with Crippen LogP contribution in [0.2, 0.25) is 0 Å². The Balaban J connectivity index is 1.96. The number of benzene rings is 2. The fraction of sp³-hybridized carbons (Fsp3) is 0.350. The van der Waals surface area contributed by atoms with Crippen molar-refractivity contribution < 1.29 is 13.2 Å². The maximum Gasteiger partial charge on any atom is 0.416 e. The van der Waals surface area contributed by atoms with Gasteiger partial charge in [0.25, 0.3) is 0 Å². The van der Waals surface area contributed by atoms with Crippen molar-refractivity contribution in [1.82, 2.24) is 0 Å². The van der Waals surface area contributed by atoms with Crippen molar-refractivity contribution in [3.05, 3.63) is 65.2 Å². The van der Waals surface area contributed by atoms with E-state index in [-0.39, 0.29) is 10.7 Å². The van der Waals surface area contributed by atoms with Gasteiger partial charge >= 0.3 is 6.18 Å². The highest BCUT2D eigenvalue weighted by Gasteiger charge is 2.30. The average Bonchev–Trinajstić information content (AvgIpc) is 2.63. The van der Waals surface area contributed by atoms with Crippen molar-refractivity contribution in [3.8, 4) is 0 Å². The van der Waals surface area contributed by atoms with Crippen molar-refractivity contribution >= 4 is 22.5 Å². The smallest absolute Gasteiger partial charge is 0.277 e. The summed E-state index contributed by atoms with van der Waals surface area (Å²) in [6.07, 6.45) is 1.49. The van der Waals surface area contributed by atoms with Crippen molar-refractivity contribution in [2.45, 2.75) is 45.2 Å². The highest BCUT2D eigenvalue weighted by Crippen LogP contribution is 2.29. The van der Waals surface area contributed by atoms with E-state index >= 15 is 0 Å². The SMILES string of the molecule is CCCCCCc1ccc(NN=C(Cl)c2cccc(C(F)(F)F)c2)cc1. The topological polar surface area (TPSA) is 24.4 Å². The van der Waals surface area contributed by atoms with Gasteiger partial charge in [-0.3, -0.25) is 5.43 Å². The first-order valence-corrected chi connectivity index (χ1v) is 9.03. The number of nitrogens with zero attached hydrogens (tertiary/aromatic N) is 1. The zero-order chi connectivity index (χ0) is 19.0. The summed E-state index contributed by atoms with van der Waals surface area (Å²) in [6.45, 7) is 2.19. The van der Waals surface area contributed by atoms with Gasteiger partial charge in [-0.2, -0.15) is 18.3 Å². The summed E-state index contributed by atoms with van der Waals surface area (Å²) in [4.78, 5) is 0. The Bertz CT molecular complexity index is 725. The van der Waals surface area contributed by atoms with E-state index in [9.17, 15) is 13.2 Å². The summed E-state index contributed by atoms with van der Waals surface area (Å²) in [5, 5.41) is 3.94. The molecule has 0 saturated carbocycles. The lowest BCUT2D eigenvalue weighted by Gasteiger charge is -2.08. The normalized spacial score (nSPS) is 12.3. The lowest BCUT2D eigenvalue weighted by atomic mass is 10.1. The molecule has 0 atom stereocenters. The molecule has 26 heavy (non-hydrogen) atoms. The lowest BCUT2D eigenvalue weighted by molar-refractivity contribution is -0.137. The van der Waals surface area contributed by atoms with Crippen LogP contribution in [0, 0.1) is 0 Å². The van der Waals surface area contributed by atoms with Gasteiger partial charge in [0.05, 0.1) is 11.3 Å². The molecule has 0 aromatic heterocycles. The molecular weight excluding hydrogens is 361 g/mol. The van der Waals surface area contributed by atoms with E-state index in [4.69, 9.17) is 11.6 Å². The molecule has 0 radical (unpaired) electrons.